The molecule has 0 saturated carbocycles. The second kappa shape index (κ2) is 13.2. The van der Waals surface area contributed by atoms with Crippen molar-refractivity contribution in [1.82, 2.24) is 9.55 Å². The predicted molar refractivity (Wildman–Crippen MR) is 245 cm³/mol. The SMILES string of the molecule is BC(B)(B)C(B)(B)c1nc2ccccc2n1-c1ccccc1-c1ccc(-c2c3ccccc3c(-c3ccccc3)c3cc(-c4ccccc4)ccc23)cc1. The molecule has 54 heavy (non-hydrogen) atoms. The largest absolute Gasteiger partial charge is 0.296 e. The van der Waals surface area contributed by atoms with Gasteiger partial charge in [-0.3, -0.25) is 4.57 Å². The van der Waals surface area contributed by atoms with Crippen molar-refractivity contribution in [3.05, 3.63) is 182 Å². The normalized spacial score (nSPS) is 12.1. The Morgan fingerprint density at radius 3 is 1.59 bits per heavy atom. The van der Waals surface area contributed by atoms with Gasteiger partial charge in [-0.05, 0) is 90.0 Å². The van der Waals surface area contributed by atoms with E-state index in [0.717, 1.165) is 22.5 Å². The lowest BCUT2D eigenvalue weighted by molar-refractivity contribution is 0.757. The van der Waals surface area contributed by atoms with Gasteiger partial charge >= 0.3 is 0 Å². The minimum absolute atomic E-state index is 0.00775. The second-order valence-corrected chi connectivity index (χ2v) is 16.0. The summed E-state index contributed by atoms with van der Waals surface area (Å²) in [4.78, 5) is 5.29. The van der Waals surface area contributed by atoms with Crippen molar-refractivity contribution in [3.8, 4) is 50.2 Å². The first-order valence-corrected chi connectivity index (χ1v) is 19.0. The number of imidazole rings is 1. The summed E-state index contributed by atoms with van der Waals surface area (Å²) in [6.45, 7) is 0. The summed E-state index contributed by atoms with van der Waals surface area (Å²) in [7, 11) is 11.6. The summed E-state index contributed by atoms with van der Waals surface area (Å²) in [5.74, 6) is 1.08. The fourth-order valence-electron chi connectivity index (χ4n) is 7.97. The van der Waals surface area contributed by atoms with Crippen LogP contribution in [0.5, 0.6) is 0 Å². The summed E-state index contributed by atoms with van der Waals surface area (Å²) in [5, 5.41) is 4.81. The number of nitrogens with zero attached hydrogens (tertiary/aromatic N) is 2. The Hall–Kier alpha value is -5.93. The van der Waals surface area contributed by atoms with Gasteiger partial charge in [0.1, 0.15) is 21.5 Å². The summed E-state index contributed by atoms with van der Waals surface area (Å²) in [5.41, 5.74) is 13.0. The quantitative estimate of drug-likeness (QED) is 0.126. The van der Waals surface area contributed by atoms with Gasteiger partial charge in [0.2, 0.25) is 0 Å². The second-order valence-electron chi connectivity index (χ2n) is 16.0. The molecule has 7 heteroatoms. The number of hydrogen-bond acceptors (Lipinski definition) is 1. The van der Waals surface area contributed by atoms with Crippen LogP contribution in [0.3, 0.4) is 0 Å². The molecule has 0 aliphatic rings. The van der Waals surface area contributed by atoms with E-state index in [1.807, 2.05) is 0 Å². The molecule has 2 nitrogen and oxygen atoms in total. The van der Waals surface area contributed by atoms with E-state index in [-0.39, 0.29) is 10.3 Å². The highest BCUT2D eigenvalue weighted by Gasteiger charge is 2.38. The molecular formula is C47H39B5N2. The van der Waals surface area contributed by atoms with Gasteiger partial charge in [0, 0.05) is 5.56 Å². The van der Waals surface area contributed by atoms with Gasteiger partial charge in [-0.25, -0.2) is 4.98 Å². The van der Waals surface area contributed by atoms with Gasteiger partial charge in [0.15, 0.2) is 0 Å². The van der Waals surface area contributed by atoms with Gasteiger partial charge in [-0.2, -0.15) is 0 Å². The molecule has 9 rings (SSSR count). The molecule has 252 valence electrons. The van der Waals surface area contributed by atoms with E-state index < -0.39 is 0 Å². The molecule has 0 saturated heterocycles. The average molecular weight is 686 g/mol. The third-order valence-corrected chi connectivity index (χ3v) is 11.8. The van der Waals surface area contributed by atoms with Crippen LogP contribution < -0.4 is 0 Å². The van der Waals surface area contributed by atoms with Crippen molar-refractivity contribution in [3.63, 3.8) is 0 Å². The zero-order valence-corrected chi connectivity index (χ0v) is 31.6. The van der Waals surface area contributed by atoms with Crippen LogP contribution in [-0.2, 0) is 5.21 Å². The van der Waals surface area contributed by atoms with Crippen molar-refractivity contribution >= 4 is 71.8 Å². The van der Waals surface area contributed by atoms with Crippen molar-refractivity contribution in [2.75, 3.05) is 0 Å². The van der Waals surface area contributed by atoms with Crippen LogP contribution >= 0.6 is 0 Å². The summed E-state index contributed by atoms with van der Waals surface area (Å²) in [6.07, 6.45) is 0. The lowest BCUT2D eigenvalue weighted by Gasteiger charge is -2.39. The van der Waals surface area contributed by atoms with Gasteiger partial charge in [0.05, 0.1) is 40.3 Å². The Kier molecular flexibility index (Phi) is 8.27. The third-order valence-electron chi connectivity index (χ3n) is 11.8. The summed E-state index contributed by atoms with van der Waals surface area (Å²) < 4.78 is 2.40. The van der Waals surface area contributed by atoms with Crippen LogP contribution in [0, 0.1) is 0 Å². The lowest BCUT2D eigenvalue weighted by atomic mass is 9.23. The Morgan fingerprint density at radius 2 is 0.907 bits per heavy atom. The van der Waals surface area contributed by atoms with Crippen LogP contribution in [0.25, 0.3) is 82.8 Å². The molecule has 0 spiro atoms. The highest BCUT2D eigenvalue weighted by Crippen LogP contribution is 2.46. The van der Waals surface area contributed by atoms with E-state index in [1.165, 1.54) is 66.1 Å². The van der Waals surface area contributed by atoms with Gasteiger partial charge < -0.3 is 0 Å². The first kappa shape index (κ1) is 33.9. The first-order valence-electron chi connectivity index (χ1n) is 19.0. The Bertz CT molecular complexity index is 2820. The van der Waals surface area contributed by atoms with Crippen molar-refractivity contribution in [2.45, 2.75) is 10.3 Å². The predicted octanol–water partition coefficient (Wildman–Crippen LogP) is 7.39. The molecule has 8 aromatic carbocycles. The highest BCUT2D eigenvalue weighted by atomic mass is 15.1. The van der Waals surface area contributed by atoms with Crippen molar-refractivity contribution < 1.29 is 0 Å². The number of fused-ring (bicyclic) bond motifs is 3. The van der Waals surface area contributed by atoms with E-state index in [9.17, 15) is 0 Å². The van der Waals surface area contributed by atoms with E-state index in [1.54, 1.807) is 0 Å². The Morgan fingerprint density at radius 1 is 0.407 bits per heavy atom. The van der Waals surface area contributed by atoms with Crippen LogP contribution in [0.15, 0.2) is 176 Å². The molecule has 0 bridgehead atoms. The van der Waals surface area contributed by atoms with Crippen molar-refractivity contribution in [1.29, 1.82) is 0 Å². The monoisotopic (exact) mass is 686 g/mol. The number of hydrogen-bond donors (Lipinski definition) is 0. The third kappa shape index (κ3) is 5.62. The molecule has 0 amide bonds. The van der Waals surface area contributed by atoms with Gasteiger partial charge in [0.25, 0.3) is 0 Å². The maximum atomic E-state index is 5.29. The smallest absolute Gasteiger partial charge is 0.106 e. The molecule has 0 N–H and O–H groups in total. The standard InChI is InChI=1S/C47H39B5N2/c48-46(49,47(50,51)52)45-53-40-20-10-12-22-42(40)54(45)41-21-11-9-17-35(41)31-23-25-33(26-24-31)43-36-18-7-8-19-37(36)44(32-15-5-2-6-16-32)39-29-34(27-28-38(39)43)30-13-3-1-4-14-30/h1-29H,48-52H2. The maximum Gasteiger partial charge on any atom is 0.106 e. The number of benzene rings is 8. The fourth-order valence-corrected chi connectivity index (χ4v) is 7.97. The van der Waals surface area contributed by atoms with Crippen LogP contribution in [0.4, 0.5) is 0 Å². The number of para-hydroxylation sites is 3. The number of rotatable bonds is 7. The number of aromatic nitrogens is 2. The van der Waals surface area contributed by atoms with Crippen LogP contribution in [-0.4, -0.2) is 48.8 Å². The van der Waals surface area contributed by atoms with E-state index in [4.69, 9.17) is 4.98 Å². The average Bonchev–Trinajstić information content (AvgIpc) is 3.60. The molecule has 0 fully saturated rings. The molecule has 0 unspecified atom stereocenters. The van der Waals surface area contributed by atoms with E-state index in [2.05, 4.69) is 220 Å². The van der Waals surface area contributed by atoms with Crippen LogP contribution in [0.1, 0.15) is 5.82 Å². The molecule has 0 aliphatic carbocycles. The zero-order valence-electron chi connectivity index (χ0n) is 31.6. The van der Waals surface area contributed by atoms with Crippen molar-refractivity contribution in [2.24, 2.45) is 0 Å². The molecule has 9 aromatic rings. The molecule has 0 atom stereocenters. The van der Waals surface area contributed by atoms with E-state index >= 15 is 0 Å². The molecule has 0 aliphatic heterocycles. The summed E-state index contributed by atoms with van der Waals surface area (Å²) >= 11 is 0. The summed E-state index contributed by atoms with van der Waals surface area (Å²) in [6, 6.07) is 64.0. The molecule has 1 heterocycles. The zero-order chi connectivity index (χ0) is 37.0. The molecule has 0 radical (unpaired) electrons. The van der Waals surface area contributed by atoms with Gasteiger partial charge in [-0.1, -0.05) is 152 Å². The van der Waals surface area contributed by atoms with E-state index in [0.29, 0.717) is 0 Å². The first-order chi connectivity index (χ1) is 26.2. The maximum absolute atomic E-state index is 5.29. The van der Waals surface area contributed by atoms with Crippen LogP contribution in [0.2, 0.25) is 5.11 Å². The minimum atomic E-state index is -0.197. The Balaban J connectivity index is 1.24. The lowest BCUT2D eigenvalue weighted by Crippen LogP contribution is -2.45. The fraction of sp³-hybridized carbons (Fsp3) is 0.0426. The topological polar surface area (TPSA) is 17.8 Å². The highest BCUT2D eigenvalue weighted by molar-refractivity contribution is 6.67. The molecular weight excluding hydrogens is 647 g/mol. The Labute approximate surface area is 322 Å². The van der Waals surface area contributed by atoms with Gasteiger partial charge in [-0.15, -0.1) is 5.11 Å². The molecule has 1 aromatic heterocycles. The minimum Gasteiger partial charge on any atom is -0.296 e.